The minimum absolute atomic E-state index is 0.0416. The summed E-state index contributed by atoms with van der Waals surface area (Å²) in [6.07, 6.45) is 3.70. The molecule has 2 N–H and O–H groups in total. The van der Waals surface area contributed by atoms with E-state index in [4.69, 9.17) is 17.3 Å². The average molecular weight is 264 g/mol. The molecule has 0 aromatic carbocycles. The maximum Gasteiger partial charge on any atom is 0.143 e. The van der Waals surface area contributed by atoms with Crippen LogP contribution in [0.2, 0.25) is 5.15 Å². The molecule has 1 aromatic rings. The summed E-state index contributed by atoms with van der Waals surface area (Å²) in [6.45, 7) is 2.11. The first-order valence-electron chi connectivity index (χ1n) is 4.22. The van der Waals surface area contributed by atoms with Crippen LogP contribution in [0, 0.1) is 0 Å². The lowest BCUT2D eigenvalue weighted by molar-refractivity contribution is 0.635. The van der Waals surface area contributed by atoms with Gasteiger partial charge < -0.3 is 5.73 Å². The molecule has 1 aromatic heterocycles. The molecule has 0 amide bonds. The predicted molar refractivity (Wildman–Crippen MR) is 58.8 cm³/mol. The zero-order chi connectivity index (χ0) is 9.84. The summed E-state index contributed by atoms with van der Waals surface area (Å²) < 4.78 is 0.817. The first-order valence-corrected chi connectivity index (χ1v) is 5.39. The van der Waals surface area contributed by atoms with Crippen LogP contribution in [0.1, 0.15) is 31.4 Å². The quantitative estimate of drug-likeness (QED) is 0.850. The molecule has 0 radical (unpaired) electrons. The Morgan fingerprint density at radius 2 is 2.38 bits per heavy atom. The molecule has 0 aliphatic heterocycles. The fraction of sp³-hybridized carbons (Fsp3) is 0.444. The molecule has 0 unspecified atom stereocenters. The molecule has 72 valence electrons. The van der Waals surface area contributed by atoms with Crippen LogP contribution >= 0.6 is 27.5 Å². The highest BCUT2D eigenvalue weighted by molar-refractivity contribution is 9.10. The molecular formula is C9H12BrClN2. The summed E-state index contributed by atoms with van der Waals surface area (Å²) in [5.41, 5.74) is 6.99. The fourth-order valence-corrected chi connectivity index (χ4v) is 1.88. The normalized spacial score (nSPS) is 12.9. The molecule has 1 heterocycles. The van der Waals surface area contributed by atoms with Gasteiger partial charge in [-0.25, -0.2) is 4.98 Å². The van der Waals surface area contributed by atoms with Gasteiger partial charge in [-0.05, 0) is 34.0 Å². The molecule has 0 saturated carbocycles. The van der Waals surface area contributed by atoms with E-state index in [1.807, 2.05) is 6.07 Å². The highest BCUT2D eigenvalue weighted by Gasteiger charge is 2.11. The maximum absolute atomic E-state index is 5.96. The Balaban J connectivity index is 2.93. The first-order chi connectivity index (χ1) is 6.16. The molecule has 0 bridgehead atoms. The molecular weight excluding hydrogens is 251 g/mol. The SMILES string of the molecule is CCC[C@H](N)c1ccnc(Cl)c1Br. The van der Waals surface area contributed by atoms with Crippen LogP contribution in [0.4, 0.5) is 0 Å². The van der Waals surface area contributed by atoms with Crippen LogP contribution < -0.4 is 5.73 Å². The van der Waals surface area contributed by atoms with E-state index in [0.29, 0.717) is 5.15 Å². The number of rotatable bonds is 3. The second-order valence-electron chi connectivity index (χ2n) is 2.90. The zero-order valence-electron chi connectivity index (χ0n) is 7.43. The fourth-order valence-electron chi connectivity index (χ4n) is 1.18. The Hall–Kier alpha value is -0.120. The van der Waals surface area contributed by atoms with Crippen LogP contribution in [-0.4, -0.2) is 4.98 Å². The average Bonchev–Trinajstić information content (AvgIpc) is 2.10. The Labute approximate surface area is 91.6 Å². The van der Waals surface area contributed by atoms with Gasteiger partial charge in [-0.2, -0.15) is 0 Å². The van der Waals surface area contributed by atoms with Gasteiger partial charge in [0.05, 0.1) is 4.47 Å². The highest BCUT2D eigenvalue weighted by atomic mass is 79.9. The topological polar surface area (TPSA) is 38.9 Å². The zero-order valence-corrected chi connectivity index (χ0v) is 9.77. The van der Waals surface area contributed by atoms with Crippen LogP contribution in [-0.2, 0) is 0 Å². The van der Waals surface area contributed by atoms with Gasteiger partial charge in [0.25, 0.3) is 0 Å². The molecule has 2 nitrogen and oxygen atoms in total. The van der Waals surface area contributed by atoms with Crippen molar-refractivity contribution in [2.45, 2.75) is 25.8 Å². The van der Waals surface area contributed by atoms with E-state index in [0.717, 1.165) is 22.9 Å². The summed E-state index contributed by atoms with van der Waals surface area (Å²) >= 11 is 9.22. The number of nitrogens with zero attached hydrogens (tertiary/aromatic N) is 1. The monoisotopic (exact) mass is 262 g/mol. The van der Waals surface area contributed by atoms with E-state index < -0.39 is 0 Å². The van der Waals surface area contributed by atoms with Gasteiger partial charge in [0.1, 0.15) is 5.15 Å². The molecule has 0 saturated heterocycles. The molecule has 1 atom stereocenters. The van der Waals surface area contributed by atoms with Gasteiger partial charge in [-0.3, -0.25) is 0 Å². The summed E-state index contributed by atoms with van der Waals surface area (Å²) in [5, 5.41) is 0.476. The number of hydrogen-bond donors (Lipinski definition) is 1. The summed E-state index contributed by atoms with van der Waals surface area (Å²) in [4.78, 5) is 3.94. The van der Waals surface area contributed by atoms with Gasteiger partial charge in [0, 0.05) is 12.2 Å². The van der Waals surface area contributed by atoms with E-state index in [2.05, 4.69) is 27.8 Å². The predicted octanol–water partition coefficient (Wildman–Crippen LogP) is 3.30. The standard InChI is InChI=1S/C9H12BrClN2/c1-2-3-7(12)6-4-5-13-9(11)8(6)10/h4-5,7H,2-3,12H2,1H3/t7-/m0/s1. The number of halogens is 2. The number of pyridine rings is 1. The Bertz CT molecular complexity index is 291. The second kappa shape index (κ2) is 4.94. The van der Waals surface area contributed by atoms with Crippen LogP contribution in [0.5, 0.6) is 0 Å². The Morgan fingerprint density at radius 3 is 3.00 bits per heavy atom. The first kappa shape index (κ1) is 11.0. The smallest absolute Gasteiger partial charge is 0.143 e. The molecule has 1 rings (SSSR count). The van der Waals surface area contributed by atoms with Crippen molar-refractivity contribution in [3.05, 3.63) is 27.5 Å². The van der Waals surface area contributed by atoms with E-state index in [1.165, 1.54) is 0 Å². The van der Waals surface area contributed by atoms with Gasteiger partial charge in [-0.1, -0.05) is 24.9 Å². The maximum atomic E-state index is 5.96. The minimum Gasteiger partial charge on any atom is -0.324 e. The molecule has 0 aliphatic carbocycles. The lowest BCUT2D eigenvalue weighted by atomic mass is 10.1. The summed E-state index contributed by atoms with van der Waals surface area (Å²) in [7, 11) is 0. The van der Waals surface area contributed by atoms with Crippen molar-refractivity contribution >= 4 is 27.5 Å². The van der Waals surface area contributed by atoms with Crippen molar-refractivity contribution in [2.75, 3.05) is 0 Å². The third kappa shape index (κ3) is 2.66. The largest absolute Gasteiger partial charge is 0.324 e. The lowest BCUT2D eigenvalue weighted by Gasteiger charge is -2.12. The van der Waals surface area contributed by atoms with Gasteiger partial charge >= 0.3 is 0 Å². The number of aromatic nitrogens is 1. The lowest BCUT2D eigenvalue weighted by Crippen LogP contribution is -2.10. The van der Waals surface area contributed by atoms with Crippen molar-refractivity contribution in [3.63, 3.8) is 0 Å². The molecule has 0 spiro atoms. The summed E-state index contributed by atoms with van der Waals surface area (Å²) in [6, 6.07) is 1.94. The number of nitrogens with two attached hydrogens (primary N) is 1. The number of hydrogen-bond acceptors (Lipinski definition) is 2. The van der Waals surface area contributed by atoms with Gasteiger partial charge in [-0.15, -0.1) is 0 Å². The van der Waals surface area contributed by atoms with E-state index in [-0.39, 0.29) is 6.04 Å². The van der Waals surface area contributed by atoms with Crippen LogP contribution in [0.25, 0.3) is 0 Å². The molecule has 0 fully saturated rings. The Kier molecular flexibility index (Phi) is 4.16. The third-order valence-electron chi connectivity index (χ3n) is 1.88. The van der Waals surface area contributed by atoms with E-state index >= 15 is 0 Å². The minimum atomic E-state index is 0.0416. The third-order valence-corrected chi connectivity index (χ3v) is 3.22. The molecule has 4 heteroatoms. The van der Waals surface area contributed by atoms with Crippen LogP contribution in [0.3, 0.4) is 0 Å². The summed E-state index contributed by atoms with van der Waals surface area (Å²) in [5.74, 6) is 0. The van der Waals surface area contributed by atoms with Gasteiger partial charge in [0.2, 0.25) is 0 Å². The van der Waals surface area contributed by atoms with E-state index in [9.17, 15) is 0 Å². The molecule has 0 aliphatic rings. The van der Waals surface area contributed by atoms with Crippen molar-refractivity contribution in [2.24, 2.45) is 5.73 Å². The second-order valence-corrected chi connectivity index (χ2v) is 4.05. The van der Waals surface area contributed by atoms with Crippen molar-refractivity contribution < 1.29 is 0 Å². The van der Waals surface area contributed by atoms with E-state index in [1.54, 1.807) is 6.20 Å². The van der Waals surface area contributed by atoms with Crippen LogP contribution in [0.15, 0.2) is 16.7 Å². The van der Waals surface area contributed by atoms with Crippen molar-refractivity contribution in [1.29, 1.82) is 0 Å². The molecule has 13 heavy (non-hydrogen) atoms. The highest BCUT2D eigenvalue weighted by Crippen LogP contribution is 2.29. The Morgan fingerprint density at radius 1 is 1.69 bits per heavy atom. The van der Waals surface area contributed by atoms with Gasteiger partial charge in [0.15, 0.2) is 0 Å². The van der Waals surface area contributed by atoms with Crippen molar-refractivity contribution in [1.82, 2.24) is 4.98 Å². The van der Waals surface area contributed by atoms with Crippen molar-refractivity contribution in [3.8, 4) is 0 Å².